The van der Waals surface area contributed by atoms with Gasteiger partial charge < -0.3 is 0 Å². The van der Waals surface area contributed by atoms with Gasteiger partial charge in [-0.2, -0.15) is 0 Å². The third kappa shape index (κ3) is 3.09. The zero-order valence-electron chi connectivity index (χ0n) is 10.6. The Morgan fingerprint density at radius 3 is 2.21 bits per heavy atom. The van der Waals surface area contributed by atoms with Gasteiger partial charge in [0.1, 0.15) is 0 Å². The van der Waals surface area contributed by atoms with E-state index in [9.17, 15) is 0 Å². The van der Waals surface area contributed by atoms with Crippen LogP contribution in [0.4, 0.5) is 0 Å². The van der Waals surface area contributed by atoms with Crippen molar-refractivity contribution >= 4 is 20.8 Å². The van der Waals surface area contributed by atoms with E-state index in [1.807, 2.05) is 6.07 Å². The second-order valence-electron chi connectivity index (χ2n) is 4.28. The summed E-state index contributed by atoms with van der Waals surface area (Å²) >= 11 is 0.812. The Morgan fingerprint density at radius 1 is 0.895 bits per heavy atom. The van der Waals surface area contributed by atoms with Crippen LogP contribution in [-0.2, 0) is 0 Å². The molecule has 3 rings (SSSR count). The quantitative estimate of drug-likeness (QED) is 0.404. The van der Waals surface area contributed by atoms with Gasteiger partial charge in [-0.05, 0) is 0 Å². The Labute approximate surface area is 131 Å². The van der Waals surface area contributed by atoms with Crippen molar-refractivity contribution in [3.8, 4) is 11.3 Å². The molecule has 0 amide bonds. The summed E-state index contributed by atoms with van der Waals surface area (Å²) in [6.07, 6.45) is 0. The number of nitrogens with zero attached hydrogens (tertiary/aromatic N) is 2. The van der Waals surface area contributed by atoms with E-state index in [1.165, 1.54) is 13.7 Å². The summed E-state index contributed by atoms with van der Waals surface area (Å²) < 4.78 is 5.00. The molecule has 2 aromatic carbocycles. The van der Waals surface area contributed by atoms with Crippen molar-refractivity contribution in [3.63, 3.8) is 0 Å². The van der Waals surface area contributed by atoms with Gasteiger partial charge in [0.25, 0.3) is 0 Å². The van der Waals surface area contributed by atoms with E-state index >= 15 is 0 Å². The molecule has 0 saturated heterocycles. The van der Waals surface area contributed by atoms with Crippen LogP contribution < -0.4 is 26.0 Å². The number of rotatable bonds is 3. The van der Waals surface area contributed by atoms with Crippen LogP contribution in [0.5, 0.6) is 0 Å². The predicted molar refractivity (Wildman–Crippen MR) is 76.4 cm³/mol. The van der Waals surface area contributed by atoms with Crippen molar-refractivity contribution in [1.29, 1.82) is 0 Å². The maximum atomic E-state index is 4.78. The molecule has 0 fully saturated rings. The van der Waals surface area contributed by atoms with Crippen molar-refractivity contribution < 1.29 is 21.5 Å². The summed E-state index contributed by atoms with van der Waals surface area (Å²) in [6, 6.07) is 23.3. The molecule has 0 atom stereocenters. The first-order valence-electron chi connectivity index (χ1n) is 6.15. The molecule has 1 heterocycles. The van der Waals surface area contributed by atoms with E-state index in [1.54, 1.807) is 0 Å². The summed E-state index contributed by atoms with van der Waals surface area (Å²) in [5.41, 5.74) is 2.30. The van der Waals surface area contributed by atoms with E-state index in [-0.39, 0.29) is 21.5 Å². The van der Waals surface area contributed by atoms with Crippen LogP contribution >= 0.6 is 0 Å². The van der Waals surface area contributed by atoms with Crippen LogP contribution in [-0.4, -0.2) is 24.3 Å². The Hall–Kier alpha value is -1.09. The first-order chi connectivity index (χ1) is 9.33. The molecular formula is C15H13AlIN2-. The van der Waals surface area contributed by atoms with Crippen molar-refractivity contribution in [2.24, 2.45) is 0 Å². The van der Waals surface area contributed by atoms with Crippen LogP contribution in [0, 0.1) is 3.57 Å². The molecule has 0 saturated carbocycles. The Kier molecular flexibility index (Phi) is 4.02. The molecule has 0 aliphatic heterocycles. The fourth-order valence-electron chi connectivity index (χ4n) is 1.85. The molecule has 3 aromatic rings. The predicted octanol–water partition coefficient (Wildman–Crippen LogP) is -1.47. The van der Waals surface area contributed by atoms with Gasteiger partial charge in [-0.3, -0.25) is 0 Å². The van der Waals surface area contributed by atoms with Crippen LogP contribution in [0.3, 0.4) is 0 Å². The molecule has 0 bridgehead atoms. The van der Waals surface area contributed by atoms with Gasteiger partial charge in [-0.25, -0.2) is 0 Å². The van der Waals surface area contributed by atoms with Crippen molar-refractivity contribution in [3.05, 3.63) is 70.3 Å². The fraction of sp³-hybridized carbons (Fsp3) is 0. The average molecular weight is 375 g/mol. The second kappa shape index (κ2) is 5.91. The molecule has 2 nitrogen and oxygen atoms in total. The van der Waals surface area contributed by atoms with Crippen molar-refractivity contribution in [2.45, 2.75) is 0 Å². The van der Waals surface area contributed by atoms with E-state index < -0.39 is 0 Å². The van der Waals surface area contributed by atoms with Crippen LogP contribution in [0.15, 0.2) is 66.7 Å². The molecule has 19 heavy (non-hydrogen) atoms. The van der Waals surface area contributed by atoms with Gasteiger partial charge in [0.05, 0.1) is 0 Å². The van der Waals surface area contributed by atoms with Crippen molar-refractivity contribution in [1.82, 2.24) is 7.99 Å². The number of hydrogen-bond donors (Lipinski definition) is 0. The minimum absolute atomic E-state index is 0.224. The first-order valence-corrected chi connectivity index (χ1v) is 9.20. The SMILES string of the molecule is [AlH2][c]1cc(-c2ccccc2)nn1[I-]c1ccccc1. The van der Waals surface area contributed by atoms with Crippen LogP contribution in [0.25, 0.3) is 11.3 Å². The van der Waals surface area contributed by atoms with E-state index in [0.29, 0.717) is 0 Å². The zero-order chi connectivity index (χ0) is 13.1. The third-order valence-corrected chi connectivity index (χ3v) is 7.14. The normalized spacial score (nSPS) is 10.7. The Morgan fingerprint density at radius 2 is 1.53 bits per heavy atom. The molecule has 4 heteroatoms. The molecule has 0 aliphatic carbocycles. The monoisotopic (exact) mass is 375 g/mol. The molecule has 1 aromatic heterocycles. The topological polar surface area (TPSA) is 17.8 Å². The summed E-state index contributed by atoms with van der Waals surface area (Å²) in [6.45, 7) is 0. The number of halogens is 1. The average Bonchev–Trinajstić information content (AvgIpc) is 2.82. The molecule has 0 radical (unpaired) electrons. The van der Waals surface area contributed by atoms with Gasteiger partial charge in [0.2, 0.25) is 0 Å². The molecule has 0 aliphatic rings. The fourth-order valence-corrected chi connectivity index (χ4v) is 4.92. The van der Waals surface area contributed by atoms with Gasteiger partial charge in [-0.1, -0.05) is 0 Å². The summed E-state index contributed by atoms with van der Waals surface area (Å²) in [5.74, 6) is 0. The zero-order valence-corrected chi connectivity index (χ0v) is 14.8. The molecule has 0 N–H and O–H groups in total. The van der Waals surface area contributed by atoms with Crippen LogP contribution in [0.2, 0.25) is 0 Å². The summed E-state index contributed by atoms with van der Waals surface area (Å²) in [5, 5.41) is 4.78. The second-order valence-corrected chi connectivity index (χ2v) is 7.94. The first kappa shape index (κ1) is 12.9. The molecule has 94 valence electrons. The van der Waals surface area contributed by atoms with Gasteiger partial charge in [0.15, 0.2) is 0 Å². The number of benzene rings is 2. The molecular weight excluding hydrogens is 362 g/mol. The van der Waals surface area contributed by atoms with Gasteiger partial charge >= 0.3 is 132 Å². The number of hydrogen-bond acceptors (Lipinski definition) is 1. The van der Waals surface area contributed by atoms with Crippen LogP contribution in [0.1, 0.15) is 0 Å². The number of aromatic nitrogens is 2. The Bertz CT molecular complexity index is 665. The van der Waals surface area contributed by atoms with Crippen molar-refractivity contribution in [2.75, 3.05) is 0 Å². The van der Waals surface area contributed by atoms with E-state index in [0.717, 1.165) is 22.0 Å². The molecule has 0 spiro atoms. The standard InChI is InChI=1S/C15H11IN2.Al.2H/c1-3-7-13(8-4-1)15-11-12-18(17-15)16-14-9-5-2-6-10-14;;;/h1-11H;;;/q-1;;;. The molecule has 0 unspecified atom stereocenters. The Balaban J connectivity index is 1.90. The van der Waals surface area contributed by atoms with E-state index in [2.05, 4.69) is 63.6 Å². The summed E-state index contributed by atoms with van der Waals surface area (Å²) in [7, 11) is 0. The third-order valence-electron chi connectivity index (χ3n) is 2.81. The minimum atomic E-state index is -0.224. The summed E-state index contributed by atoms with van der Waals surface area (Å²) in [4.78, 5) is 0. The van der Waals surface area contributed by atoms with E-state index in [4.69, 9.17) is 5.10 Å². The van der Waals surface area contributed by atoms with Gasteiger partial charge in [-0.15, -0.1) is 0 Å². The van der Waals surface area contributed by atoms with Gasteiger partial charge in [0, 0.05) is 0 Å². The maximum absolute atomic E-state index is 4.78.